The van der Waals surface area contributed by atoms with E-state index < -0.39 is 0 Å². The molecule has 2 heterocycles. The first kappa shape index (κ1) is 17.4. The fourth-order valence-electron chi connectivity index (χ4n) is 3.04. The van der Waals surface area contributed by atoms with Gasteiger partial charge in [0.2, 0.25) is 0 Å². The summed E-state index contributed by atoms with van der Waals surface area (Å²) in [6.45, 7) is 10.4. The number of aryl methyl sites for hydroxylation is 2. The SMILES string of the molecule is CCN1CCN(C(=O)c2cc(Nc3cccc(C)c3)nc(C)n2)CC1. The number of hydrogen-bond donors (Lipinski definition) is 1. The molecule has 132 valence electrons. The molecule has 0 bridgehead atoms. The molecule has 1 amide bonds. The number of amides is 1. The number of aromatic nitrogens is 2. The summed E-state index contributed by atoms with van der Waals surface area (Å²) in [6, 6.07) is 9.80. The van der Waals surface area contributed by atoms with Crippen molar-refractivity contribution in [1.29, 1.82) is 0 Å². The second-order valence-corrected chi connectivity index (χ2v) is 6.41. The molecule has 25 heavy (non-hydrogen) atoms. The third-order valence-electron chi connectivity index (χ3n) is 4.45. The van der Waals surface area contributed by atoms with E-state index in [1.165, 1.54) is 5.56 Å². The second-order valence-electron chi connectivity index (χ2n) is 6.41. The maximum Gasteiger partial charge on any atom is 0.272 e. The van der Waals surface area contributed by atoms with Gasteiger partial charge in [-0.25, -0.2) is 9.97 Å². The number of anilines is 2. The Balaban J connectivity index is 1.76. The van der Waals surface area contributed by atoms with Crippen LogP contribution in [0.1, 0.15) is 28.8 Å². The van der Waals surface area contributed by atoms with Gasteiger partial charge in [0.05, 0.1) is 0 Å². The van der Waals surface area contributed by atoms with Crippen molar-refractivity contribution >= 4 is 17.4 Å². The van der Waals surface area contributed by atoms with Gasteiger partial charge >= 0.3 is 0 Å². The van der Waals surface area contributed by atoms with Crippen LogP contribution in [0.25, 0.3) is 0 Å². The van der Waals surface area contributed by atoms with Crippen molar-refractivity contribution in [3.8, 4) is 0 Å². The van der Waals surface area contributed by atoms with Crippen molar-refractivity contribution in [2.24, 2.45) is 0 Å². The van der Waals surface area contributed by atoms with E-state index in [9.17, 15) is 4.79 Å². The summed E-state index contributed by atoms with van der Waals surface area (Å²) in [5, 5.41) is 3.27. The molecule has 6 heteroatoms. The number of carbonyl (C=O) groups is 1. The van der Waals surface area contributed by atoms with Crippen LogP contribution in [0.2, 0.25) is 0 Å². The van der Waals surface area contributed by atoms with Gasteiger partial charge in [-0.15, -0.1) is 0 Å². The van der Waals surface area contributed by atoms with Gasteiger partial charge in [-0.1, -0.05) is 19.1 Å². The number of likely N-dealkylation sites (N-methyl/N-ethyl adjacent to an activating group) is 1. The number of rotatable bonds is 4. The Hall–Kier alpha value is -2.47. The molecule has 1 N–H and O–H groups in total. The van der Waals surface area contributed by atoms with Crippen molar-refractivity contribution in [2.75, 3.05) is 38.0 Å². The molecule has 2 aromatic rings. The van der Waals surface area contributed by atoms with E-state index in [-0.39, 0.29) is 5.91 Å². The zero-order valence-corrected chi connectivity index (χ0v) is 15.1. The Bertz CT molecular complexity index is 753. The molecule has 1 aromatic carbocycles. The molecule has 3 rings (SSSR count). The monoisotopic (exact) mass is 339 g/mol. The van der Waals surface area contributed by atoms with Crippen LogP contribution in [-0.2, 0) is 0 Å². The average Bonchev–Trinajstić information content (AvgIpc) is 2.60. The second kappa shape index (κ2) is 7.61. The van der Waals surface area contributed by atoms with Crippen molar-refractivity contribution < 1.29 is 4.79 Å². The van der Waals surface area contributed by atoms with Crippen LogP contribution in [0.4, 0.5) is 11.5 Å². The minimum absolute atomic E-state index is 0.0199. The fourth-order valence-corrected chi connectivity index (χ4v) is 3.04. The molecule has 6 nitrogen and oxygen atoms in total. The predicted molar refractivity (Wildman–Crippen MR) is 99.2 cm³/mol. The van der Waals surface area contributed by atoms with Gasteiger partial charge < -0.3 is 15.1 Å². The molecular weight excluding hydrogens is 314 g/mol. The van der Waals surface area contributed by atoms with E-state index in [4.69, 9.17) is 0 Å². The first-order valence-electron chi connectivity index (χ1n) is 8.76. The lowest BCUT2D eigenvalue weighted by molar-refractivity contribution is 0.0637. The van der Waals surface area contributed by atoms with E-state index in [2.05, 4.69) is 27.1 Å². The highest BCUT2D eigenvalue weighted by molar-refractivity contribution is 5.93. The minimum Gasteiger partial charge on any atom is -0.340 e. The van der Waals surface area contributed by atoms with Crippen molar-refractivity contribution in [3.05, 3.63) is 47.4 Å². The summed E-state index contributed by atoms with van der Waals surface area (Å²) in [5.74, 6) is 1.22. The zero-order chi connectivity index (χ0) is 17.8. The molecule has 0 radical (unpaired) electrons. The van der Waals surface area contributed by atoms with Crippen molar-refractivity contribution in [1.82, 2.24) is 19.8 Å². The van der Waals surface area contributed by atoms with E-state index in [1.807, 2.05) is 43.0 Å². The third-order valence-corrected chi connectivity index (χ3v) is 4.45. The minimum atomic E-state index is -0.0199. The first-order chi connectivity index (χ1) is 12.0. The number of nitrogens with one attached hydrogen (secondary N) is 1. The smallest absolute Gasteiger partial charge is 0.272 e. The summed E-state index contributed by atoms with van der Waals surface area (Å²) in [5.41, 5.74) is 2.57. The van der Waals surface area contributed by atoms with E-state index in [0.717, 1.165) is 38.4 Å². The fraction of sp³-hybridized carbons (Fsp3) is 0.421. The Labute approximate surface area is 148 Å². The van der Waals surface area contributed by atoms with Crippen LogP contribution in [0.5, 0.6) is 0 Å². The standard InChI is InChI=1S/C19H25N5O/c1-4-23-8-10-24(11-9-23)19(25)17-13-18(21-15(3)20-17)22-16-7-5-6-14(2)12-16/h5-7,12-13H,4,8-11H2,1-3H3,(H,20,21,22). The lowest BCUT2D eigenvalue weighted by Crippen LogP contribution is -2.48. The summed E-state index contributed by atoms with van der Waals surface area (Å²) < 4.78 is 0. The summed E-state index contributed by atoms with van der Waals surface area (Å²) in [6.07, 6.45) is 0. The van der Waals surface area contributed by atoms with Crippen LogP contribution in [0.3, 0.4) is 0 Å². The number of nitrogens with zero attached hydrogens (tertiary/aromatic N) is 4. The van der Waals surface area contributed by atoms with Crippen LogP contribution in [-0.4, -0.2) is 58.4 Å². The third kappa shape index (κ3) is 4.33. The summed E-state index contributed by atoms with van der Waals surface area (Å²) >= 11 is 0. The maximum absolute atomic E-state index is 12.8. The molecule has 0 saturated carbocycles. The lowest BCUT2D eigenvalue weighted by atomic mass is 10.2. The van der Waals surface area contributed by atoms with Crippen LogP contribution >= 0.6 is 0 Å². The van der Waals surface area contributed by atoms with Gasteiger partial charge in [-0.05, 0) is 38.1 Å². The normalized spacial score (nSPS) is 15.2. The average molecular weight is 339 g/mol. The molecular formula is C19H25N5O. The molecule has 1 aromatic heterocycles. The quantitative estimate of drug-likeness (QED) is 0.928. The van der Waals surface area contributed by atoms with Gasteiger partial charge in [0.25, 0.3) is 5.91 Å². The highest BCUT2D eigenvalue weighted by Crippen LogP contribution is 2.17. The molecule has 0 aliphatic carbocycles. The van der Waals surface area contributed by atoms with E-state index in [0.29, 0.717) is 17.3 Å². The molecule has 1 saturated heterocycles. The van der Waals surface area contributed by atoms with Gasteiger partial charge in [0.1, 0.15) is 17.3 Å². The number of carbonyl (C=O) groups excluding carboxylic acids is 1. The predicted octanol–water partition coefficient (Wildman–Crippen LogP) is 2.61. The molecule has 1 fully saturated rings. The number of piperazine rings is 1. The molecule has 0 atom stereocenters. The topological polar surface area (TPSA) is 61.4 Å². The van der Waals surface area contributed by atoms with E-state index >= 15 is 0 Å². The Kier molecular flexibility index (Phi) is 5.28. The number of hydrogen-bond acceptors (Lipinski definition) is 5. The van der Waals surface area contributed by atoms with Gasteiger partial charge in [0.15, 0.2) is 0 Å². The van der Waals surface area contributed by atoms with Crippen LogP contribution < -0.4 is 5.32 Å². The Morgan fingerprint density at radius 1 is 1.12 bits per heavy atom. The molecule has 1 aliphatic rings. The Morgan fingerprint density at radius 3 is 2.56 bits per heavy atom. The van der Waals surface area contributed by atoms with Crippen LogP contribution in [0.15, 0.2) is 30.3 Å². The van der Waals surface area contributed by atoms with Gasteiger partial charge in [-0.2, -0.15) is 0 Å². The highest BCUT2D eigenvalue weighted by atomic mass is 16.2. The Morgan fingerprint density at radius 2 is 1.88 bits per heavy atom. The summed E-state index contributed by atoms with van der Waals surface area (Å²) in [7, 11) is 0. The lowest BCUT2D eigenvalue weighted by Gasteiger charge is -2.33. The highest BCUT2D eigenvalue weighted by Gasteiger charge is 2.23. The largest absolute Gasteiger partial charge is 0.340 e. The first-order valence-corrected chi connectivity index (χ1v) is 8.76. The number of benzene rings is 1. The molecule has 0 unspecified atom stereocenters. The molecule has 0 spiro atoms. The van der Waals surface area contributed by atoms with Gasteiger partial charge in [-0.3, -0.25) is 4.79 Å². The van der Waals surface area contributed by atoms with Gasteiger partial charge in [0, 0.05) is 37.9 Å². The van der Waals surface area contributed by atoms with E-state index in [1.54, 1.807) is 6.07 Å². The summed E-state index contributed by atoms with van der Waals surface area (Å²) in [4.78, 5) is 25.8. The zero-order valence-electron chi connectivity index (χ0n) is 15.1. The molecule has 1 aliphatic heterocycles. The maximum atomic E-state index is 12.8. The van der Waals surface area contributed by atoms with Crippen molar-refractivity contribution in [2.45, 2.75) is 20.8 Å². The van der Waals surface area contributed by atoms with Crippen molar-refractivity contribution in [3.63, 3.8) is 0 Å². The van der Waals surface area contributed by atoms with Crippen LogP contribution in [0, 0.1) is 13.8 Å².